The summed E-state index contributed by atoms with van der Waals surface area (Å²) in [7, 11) is 0. The topological polar surface area (TPSA) is 103 Å². The number of rotatable bonds is 8. The summed E-state index contributed by atoms with van der Waals surface area (Å²) in [5.74, 6) is 0.451. The van der Waals surface area contributed by atoms with Crippen LogP contribution in [0.4, 0.5) is 0 Å². The standard InChI is InChI=1S/C19H29N5O3.HI/c1-3-7-21-14(25)11-23-19(20-4-2)22-8-9-24-17(26)15-12-5-6-13(10-12)16(15)18(24)27;/h5-6,12-13,15-16H,3-4,7-11H2,1-2H3,(H,21,25)(H2,20,22,23);1H. The monoisotopic (exact) mass is 503 g/mol. The van der Waals surface area contributed by atoms with Gasteiger partial charge in [0.1, 0.15) is 6.54 Å². The van der Waals surface area contributed by atoms with Crippen LogP contribution in [-0.2, 0) is 14.4 Å². The molecule has 1 aliphatic heterocycles. The van der Waals surface area contributed by atoms with E-state index in [2.05, 4.69) is 33.1 Å². The fraction of sp³-hybridized carbons (Fsp3) is 0.684. The number of guanidine groups is 1. The number of carbonyl (C=O) groups excluding carboxylic acids is 3. The average molecular weight is 503 g/mol. The largest absolute Gasteiger partial charge is 0.357 e. The molecule has 1 heterocycles. The van der Waals surface area contributed by atoms with Gasteiger partial charge in [-0.2, -0.15) is 0 Å². The molecule has 28 heavy (non-hydrogen) atoms. The van der Waals surface area contributed by atoms with E-state index in [0.717, 1.165) is 12.8 Å². The molecule has 3 aliphatic rings. The number of allylic oxidation sites excluding steroid dienone is 2. The molecular formula is C19H30IN5O3. The third kappa shape index (κ3) is 4.66. The molecule has 156 valence electrons. The van der Waals surface area contributed by atoms with Crippen molar-refractivity contribution in [3.8, 4) is 0 Å². The third-order valence-electron chi connectivity index (χ3n) is 5.49. The quantitative estimate of drug-likeness (QED) is 0.147. The lowest BCUT2D eigenvalue weighted by molar-refractivity contribution is -0.140. The maximum absolute atomic E-state index is 12.6. The lowest BCUT2D eigenvalue weighted by Gasteiger charge is -2.18. The Bertz CT molecular complexity index is 636. The number of hydrogen-bond donors (Lipinski definition) is 3. The minimum Gasteiger partial charge on any atom is -0.357 e. The summed E-state index contributed by atoms with van der Waals surface area (Å²) in [6.07, 6.45) is 6.01. The number of fused-ring (bicyclic) bond motifs is 5. The van der Waals surface area contributed by atoms with Crippen molar-refractivity contribution in [2.75, 3.05) is 32.7 Å². The van der Waals surface area contributed by atoms with Crippen molar-refractivity contribution in [3.05, 3.63) is 12.2 Å². The first kappa shape index (κ1) is 22.6. The predicted octanol–water partition coefficient (Wildman–Crippen LogP) is 0.493. The normalized spacial score (nSPS) is 27.6. The molecule has 1 saturated carbocycles. The van der Waals surface area contributed by atoms with E-state index in [4.69, 9.17) is 0 Å². The van der Waals surface area contributed by atoms with Crippen LogP contribution in [0.15, 0.2) is 17.1 Å². The van der Waals surface area contributed by atoms with E-state index in [-0.39, 0.29) is 71.9 Å². The van der Waals surface area contributed by atoms with Gasteiger partial charge in [-0.3, -0.25) is 19.3 Å². The summed E-state index contributed by atoms with van der Waals surface area (Å²) >= 11 is 0. The summed E-state index contributed by atoms with van der Waals surface area (Å²) in [6.45, 7) is 5.98. The molecule has 0 aromatic carbocycles. The van der Waals surface area contributed by atoms with E-state index in [1.807, 2.05) is 13.8 Å². The highest BCUT2D eigenvalue weighted by atomic mass is 127. The first-order valence-electron chi connectivity index (χ1n) is 9.89. The maximum atomic E-state index is 12.6. The van der Waals surface area contributed by atoms with Crippen LogP contribution in [0.3, 0.4) is 0 Å². The number of nitrogens with zero attached hydrogens (tertiary/aromatic N) is 2. The van der Waals surface area contributed by atoms with Crippen LogP contribution in [0.2, 0.25) is 0 Å². The molecule has 0 radical (unpaired) electrons. The molecule has 0 aromatic heterocycles. The Morgan fingerprint density at radius 3 is 2.29 bits per heavy atom. The summed E-state index contributed by atoms with van der Waals surface area (Å²) in [4.78, 5) is 42.6. The van der Waals surface area contributed by atoms with E-state index < -0.39 is 0 Å². The number of amides is 3. The van der Waals surface area contributed by atoms with Crippen molar-refractivity contribution >= 4 is 47.7 Å². The van der Waals surface area contributed by atoms with Gasteiger partial charge in [0.25, 0.3) is 0 Å². The fourth-order valence-corrected chi connectivity index (χ4v) is 4.28. The van der Waals surface area contributed by atoms with Crippen molar-refractivity contribution < 1.29 is 14.4 Å². The van der Waals surface area contributed by atoms with Gasteiger partial charge in [-0.05, 0) is 31.6 Å². The zero-order valence-corrected chi connectivity index (χ0v) is 18.8. The molecule has 4 atom stereocenters. The number of aliphatic imine (C=N–C) groups is 1. The van der Waals surface area contributed by atoms with Gasteiger partial charge in [0.05, 0.1) is 11.8 Å². The van der Waals surface area contributed by atoms with Crippen molar-refractivity contribution in [1.29, 1.82) is 0 Å². The van der Waals surface area contributed by atoms with Gasteiger partial charge in [-0.15, -0.1) is 24.0 Å². The Kier molecular flexibility index (Phi) is 8.26. The SMILES string of the molecule is CCCNC(=O)CN=C(NCC)NCCN1C(=O)C2C3C=CC(C3)C2C1=O.I. The molecule has 2 bridgehead atoms. The Morgan fingerprint density at radius 1 is 1.07 bits per heavy atom. The van der Waals surface area contributed by atoms with Crippen LogP contribution >= 0.6 is 24.0 Å². The third-order valence-corrected chi connectivity index (χ3v) is 5.49. The van der Waals surface area contributed by atoms with Crippen LogP contribution in [0.1, 0.15) is 26.7 Å². The molecule has 3 N–H and O–H groups in total. The highest BCUT2D eigenvalue weighted by molar-refractivity contribution is 14.0. The molecule has 4 unspecified atom stereocenters. The number of halogens is 1. The Hall–Kier alpha value is -1.65. The molecular weight excluding hydrogens is 473 g/mol. The van der Waals surface area contributed by atoms with Crippen LogP contribution in [0.5, 0.6) is 0 Å². The van der Waals surface area contributed by atoms with Gasteiger partial charge in [-0.1, -0.05) is 19.1 Å². The Balaban J connectivity index is 0.00000280. The predicted molar refractivity (Wildman–Crippen MR) is 117 cm³/mol. The summed E-state index contributed by atoms with van der Waals surface area (Å²) in [6, 6.07) is 0. The summed E-state index contributed by atoms with van der Waals surface area (Å²) < 4.78 is 0. The zero-order valence-electron chi connectivity index (χ0n) is 16.4. The minimum atomic E-state index is -0.156. The summed E-state index contributed by atoms with van der Waals surface area (Å²) in [5, 5.41) is 8.94. The van der Waals surface area contributed by atoms with Gasteiger partial charge in [0.2, 0.25) is 17.7 Å². The van der Waals surface area contributed by atoms with E-state index in [9.17, 15) is 14.4 Å². The highest BCUT2D eigenvalue weighted by Crippen LogP contribution is 2.52. The molecule has 3 rings (SSSR count). The van der Waals surface area contributed by atoms with Crippen molar-refractivity contribution in [2.24, 2.45) is 28.7 Å². The maximum Gasteiger partial charge on any atom is 0.241 e. The smallest absolute Gasteiger partial charge is 0.241 e. The number of carbonyl (C=O) groups is 3. The number of nitrogens with one attached hydrogen (secondary N) is 3. The minimum absolute atomic E-state index is 0. The van der Waals surface area contributed by atoms with Crippen LogP contribution in [-0.4, -0.2) is 61.3 Å². The summed E-state index contributed by atoms with van der Waals surface area (Å²) in [5.41, 5.74) is 0. The van der Waals surface area contributed by atoms with Crippen molar-refractivity contribution in [3.63, 3.8) is 0 Å². The molecule has 0 spiro atoms. The molecule has 2 fully saturated rings. The molecule has 9 heteroatoms. The fourth-order valence-electron chi connectivity index (χ4n) is 4.28. The van der Waals surface area contributed by atoms with E-state index >= 15 is 0 Å². The van der Waals surface area contributed by atoms with Gasteiger partial charge < -0.3 is 16.0 Å². The second-order valence-electron chi connectivity index (χ2n) is 7.30. The van der Waals surface area contributed by atoms with E-state index in [0.29, 0.717) is 32.1 Å². The molecule has 2 aliphatic carbocycles. The van der Waals surface area contributed by atoms with Gasteiger partial charge in [0.15, 0.2) is 5.96 Å². The lowest BCUT2D eigenvalue weighted by Crippen LogP contribution is -2.44. The van der Waals surface area contributed by atoms with Crippen LogP contribution in [0, 0.1) is 23.7 Å². The Morgan fingerprint density at radius 2 is 1.71 bits per heavy atom. The zero-order chi connectivity index (χ0) is 19.4. The molecule has 8 nitrogen and oxygen atoms in total. The van der Waals surface area contributed by atoms with Crippen LogP contribution < -0.4 is 16.0 Å². The van der Waals surface area contributed by atoms with E-state index in [1.165, 1.54) is 4.90 Å². The number of likely N-dealkylation sites (tertiary alicyclic amines) is 1. The lowest BCUT2D eigenvalue weighted by atomic mass is 9.85. The van der Waals surface area contributed by atoms with Gasteiger partial charge in [0, 0.05) is 26.2 Å². The molecule has 3 amide bonds. The van der Waals surface area contributed by atoms with Crippen molar-refractivity contribution in [2.45, 2.75) is 26.7 Å². The van der Waals surface area contributed by atoms with Crippen molar-refractivity contribution in [1.82, 2.24) is 20.9 Å². The number of imide groups is 1. The second kappa shape index (κ2) is 10.2. The van der Waals surface area contributed by atoms with E-state index in [1.54, 1.807) is 0 Å². The van der Waals surface area contributed by atoms with Gasteiger partial charge in [-0.25, -0.2) is 4.99 Å². The molecule has 1 saturated heterocycles. The average Bonchev–Trinajstić information content (AvgIpc) is 3.33. The highest BCUT2D eigenvalue weighted by Gasteiger charge is 2.58. The van der Waals surface area contributed by atoms with Crippen LogP contribution in [0.25, 0.3) is 0 Å². The number of hydrogen-bond acceptors (Lipinski definition) is 4. The Labute approximate surface area is 183 Å². The second-order valence-corrected chi connectivity index (χ2v) is 7.30. The molecule has 0 aromatic rings. The van der Waals surface area contributed by atoms with Gasteiger partial charge >= 0.3 is 0 Å². The first-order chi connectivity index (χ1) is 13.1. The first-order valence-corrected chi connectivity index (χ1v) is 9.89.